The molecule has 2 aliphatic rings. The fraction of sp³-hybridized carbons (Fsp3) is 0.571. The molecule has 2 saturated heterocycles. The molecule has 1 N–H and O–H groups in total. The van der Waals surface area contributed by atoms with Gasteiger partial charge in [0.15, 0.2) is 0 Å². The molecule has 120 valence electrons. The molecule has 2 aliphatic heterocycles. The molecule has 2 fully saturated rings. The summed E-state index contributed by atoms with van der Waals surface area (Å²) in [5.74, 6) is -0.624. The van der Waals surface area contributed by atoms with E-state index in [1.807, 2.05) is 0 Å². The second-order valence-corrected chi connectivity index (χ2v) is 5.55. The van der Waals surface area contributed by atoms with Crippen molar-refractivity contribution in [2.75, 3.05) is 26.3 Å². The van der Waals surface area contributed by atoms with Crippen LogP contribution in [-0.4, -0.2) is 54.2 Å². The van der Waals surface area contributed by atoms with Gasteiger partial charge in [0.05, 0.1) is 17.7 Å². The molecule has 5 nitrogen and oxygen atoms in total. The number of hydrogen-bond acceptors (Lipinski definition) is 4. The normalized spacial score (nSPS) is 22.7. The van der Waals surface area contributed by atoms with Gasteiger partial charge in [0, 0.05) is 44.2 Å². The van der Waals surface area contributed by atoms with Crippen molar-refractivity contribution in [3.05, 3.63) is 29.6 Å². The number of nitrogens with zero attached hydrogens (tertiary/aromatic N) is 2. The van der Waals surface area contributed by atoms with Crippen LogP contribution in [0.4, 0.5) is 13.2 Å². The Kier molecular flexibility index (Phi) is 4.05. The maximum atomic E-state index is 12.9. The molecule has 0 saturated carbocycles. The second-order valence-electron chi connectivity index (χ2n) is 5.55. The van der Waals surface area contributed by atoms with Crippen LogP contribution in [0.2, 0.25) is 0 Å². The predicted molar refractivity (Wildman–Crippen MR) is 71.3 cm³/mol. The summed E-state index contributed by atoms with van der Waals surface area (Å²) in [4.78, 5) is 17.3. The van der Waals surface area contributed by atoms with Crippen LogP contribution in [0.1, 0.15) is 22.3 Å². The molecular weight excluding hydrogens is 299 g/mol. The van der Waals surface area contributed by atoms with Gasteiger partial charge in [0.2, 0.25) is 0 Å². The Bertz CT molecular complexity index is 553. The zero-order chi connectivity index (χ0) is 15.7. The van der Waals surface area contributed by atoms with Crippen molar-refractivity contribution in [2.45, 2.75) is 24.7 Å². The van der Waals surface area contributed by atoms with Gasteiger partial charge in [-0.15, -0.1) is 0 Å². The van der Waals surface area contributed by atoms with Crippen molar-refractivity contribution in [2.24, 2.45) is 0 Å². The first-order valence-corrected chi connectivity index (χ1v) is 7.09. The predicted octanol–water partition coefficient (Wildman–Crippen LogP) is 1.30. The molecule has 3 rings (SSSR count). The van der Waals surface area contributed by atoms with Gasteiger partial charge in [0.1, 0.15) is 0 Å². The van der Waals surface area contributed by atoms with Crippen molar-refractivity contribution < 1.29 is 22.7 Å². The number of carbonyl (C=O) groups is 1. The number of halogens is 3. The summed E-state index contributed by atoms with van der Waals surface area (Å²) in [6.45, 7) is 2.17. The van der Waals surface area contributed by atoms with Gasteiger partial charge in [-0.1, -0.05) is 0 Å². The number of hydrogen-bond donors (Lipinski definition) is 1. The molecule has 1 atom stereocenters. The van der Waals surface area contributed by atoms with Crippen LogP contribution in [0.5, 0.6) is 0 Å². The Morgan fingerprint density at radius 1 is 1.36 bits per heavy atom. The topological polar surface area (TPSA) is 54.5 Å². The first-order chi connectivity index (χ1) is 10.4. The summed E-state index contributed by atoms with van der Waals surface area (Å²) in [5, 5.41) is 3.34. The Labute approximate surface area is 125 Å². The molecule has 3 heterocycles. The Balaban J connectivity index is 1.62. The average Bonchev–Trinajstić information content (AvgIpc) is 2.94. The number of likely N-dealkylation sites (tertiary alicyclic amines) is 1. The maximum Gasteiger partial charge on any atom is 0.417 e. The number of carbonyl (C=O) groups excluding carboxylic acids is 1. The van der Waals surface area contributed by atoms with Gasteiger partial charge in [-0.3, -0.25) is 9.78 Å². The number of amides is 1. The highest BCUT2D eigenvalue weighted by Gasteiger charge is 2.39. The van der Waals surface area contributed by atoms with Gasteiger partial charge >= 0.3 is 6.18 Å². The minimum Gasteiger partial charge on any atom is -0.380 e. The Morgan fingerprint density at radius 3 is 2.77 bits per heavy atom. The van der Waals surface area contributed by atoms with Crippen LogP contribution in [0.25, 0.3) is 0 Å². The summed E-state index contributed by atoms with van der Waals surface area (Å²) in [6.07, 6.45) is -1.61. The van der Waals surface area contributed by atoms with E-state index in [4.69, 9.17) is 4.74 Å². The van der Waals surface area contributed by atoms with Crippen LogP contribution < -0.4 is 5.32 Å². The van der Waals surface area contributed by atoms with E-state index in [-0.39, 0.29) is 12.1 Å². The van der Waals surface area contributed by atoms with E-state index in [0.717, 1.165) is 31.5 Å². The molecule has 1 aromatic rings. The quantitative estimate of drug-likeness (QED) is 0.914. The highest BCUT2D eigenvalue weighted by atomic mass is 19.4. The third-order valence-corrected chi connectivity index (χ3v) is 3.93. The maximum absolute atomic E-state index is 12.9. The lowest BCUT2D eigenvalue weighted by Gasteiger charge is -2.41. The molecule has 1 unspecified atom stereocenters. The number of ether oxygens (including phenoxy) is 1. The summed E-state index contributed by atoms with van der Waals surface area (Å²) in [6, 6.07) is 1.21. The van der Waals surface area contributed by atoms with E-state index < -0.39 is 23.2 Å². The van der Waals surface area contributed by atoms with Crippen molar-refractivity contribution in [1.82, 2.24) is 15.2 Å². The standard InChI is InChI=1S/C14H16F3N3O2/c15-14(16,17)12-1-3-18-5-11(12)13(21)20-6-10(7-20)19-9-2-4-22-8-9/h1,3,5,9-10,19H,2,4,6-8H2. The fourth-order valence-corrected chi connectivity index (χ4v) is 2.73. The molecule has 0 spiro atoms. The van der Waals surface area contributed by atoms with Crippen molar-refractivity contribution in [3.63, 3.8) is 0 Å². The molecular formula is C14H16F3N3O2. The van der Waals surface area contributed by atoms with Gasteiger partial charge in [-0.25, -0.2) is 0 Å². The molecule has 0 aromatic carbocycles. The molecule has 8 heteroatoms. The Hall–Kier alpha value is -1.67. The lowest BCUT2D eigenvalue weighted by atomic mass is 10.0. The highest BCUT2D eigenvalue weighted by molar-refractivity contribution is 5.96. The lowest BCUT2D eigenvalue weighted by molar-refractivity contribution is -0.138. The summed E-state index contributed by atoms with van der Waals surface area (Å²) in [7, 11) is 0. The molecule has 0 radical (unpaired) electrons. The summed E-state index contributed by atoms with van der Waals surface area (Å²) < 4.78 is 44.0. The van der Waals surface area contributed by atoms with E-state index >= 15 is 0 Å². The molecule has 1 aromatic heterocycles. The summed E-state index contributed by atoms with van der Waals surface area (Å²) >= 11 is 0. The minimum atomic E-state index is -4.56. The fourth-order valence-electron chi connectivity index (χ4n) is 2.73. The van der Waals surface area contributed by atoms with E-state index in [0.29, 0.717) is 19.7 Å². The van der Waals surface area contributed by atoms with E-state index in [9.17, 15) is 18.0 Å². The smallest absolute Gasteiger partial charge is 0.380 e. The zero-order valence-corrected chi connectivity index (χ0v) is 11.8. The number of aromatic nitrogens is 1. The average molecular weight is 315 g/mol. The zero-order valence-electron chi connectivity index (χ0n) is 11.8. The van der Waals surface area contributed by atoms with Crippen LogP contribution in [0.3, 0.4) is 0 Å². The number of nitrogens with one attached hydrogen (secondary N) is 1. The van der Waals surface area contributed by atoms with Crippen molar-refractivity contribution >= 4 is 5.91 Å². The van der Waals surface area contributed by atoms with Gasteiger partial charge in [-0.2, -0.15) is 13.2 Å². The van der Waals surface area contributed by atoms with Crippen molar-refractivity contribution in [1.29, 1.82) is 0 Å². The minimum absolute atomic E-state index is 0.113. The van der Waals surface area contributed by atoms with E-state index in [2.05, 4.69) is 10.3 Å². The highest BCUT2D eigenvalue weighted by Crippen LogP contribution is 2.32. The van der Waals surface area contributed by atoms with Gasteiger partial charge in [-0.05, 0) is 12.5 Å². The first kappa shape index (κ1) is 15.2. The number of pyridine rings is 1. The third kappa shape index (κ3) is 3.07. The molecule has 0 aliphatic carbocycles. The van der Waals surface area contributed by atoms with Gasteiger partial charge in [0.25, 0.3) is 5.91 Å². The number of alkyl halides is 3. The lowest BCUT2D eigenvalue weighted by Crippen LogP contribution is -2.62. The van der Waals surface area contributed by atoms with Gasteiger partial charge < -0.3 is 15.0 Å². The monoisotopic (exact) mass is 315 g/mol. The first-order valence-electron chi connectivity index (χ1n) is 7.09. The third-order valence-electron chi connectivity index (χ3n) is 3.93. The van der Waals surface area contributed by atoms with Crippen LogP contribution in [0.15, 0.2) is 18.5 Å². The largest absolute Gasteiger partial charge is 0.417 e. The summed E-state index contributed by atoms with van der Waals surface area (Å²) in [5.41, 5.74) is -1.33. The molecule has 1 amide bonds. The SMILES string of the molecule is O=C(c1cnccc1C(F)(F)F)N1CC(NC2CCOC2)C1. The van der Waals surface area contributed by atoms with Crippen molar-refractivity contribution in [3.8, 4) is 0 Å². The van der Waals surface area contributed by atoms with E-state index in [1.54, 1.807) is 0 Å². The van der Waals surface area contributed by atoms with Crippen LogP contribution in [-0.2, 0) is 10.9 Å². The van der Waals surface area contributed by atoms with E-state index in [1.165, 1.54) is 4.90 Å². The number of rotatable bonds is 3. The van der Waals surface area contributed by atoms with Crippen LogP contribution in [0, 0.1) is 0 Å². The Morgan fingerprint density at radius 2 is 2.14 bits per heavy atom. The molecule has 22 heavy (non-hydrogen) atoms. The van der Waals surface area contributed by atoms with Crippen LogP contribution >= 0.6 is 0 Å². The second kappa shape index (κ2) is 5.85. The molecule has 0 bridgehead atoms.